The van der Waals surface area contributed by atoms with Gasteiger partial charge in [-0.05, 0) is 36.8 Å². The SMILES string of the molecule is C#CCn1c(=NC(=O)CS(=O)(=O)CC(=O)Nc2sc3c(c2C(=O)OC)CCC(C)C3)sc2cc([N+](=O)[O-])ccc21. The average molecular weight is 605 g/mol. The molecule has 3 aromatic rings. The predicted octanol–water partition coefficient (Wildman–Crippen LogP) is 2.70. The zero-order valence-corrected chi connectivity index (χ0v) is 23.9. The number of thiophene rings is 1. The Hall–Kier alpha value is -3.87. The van der Waals surface area contributed by atoms with Crippen molar-refractivity contribution in [2.24, 2.45) is 10.9 Å². The van der Waals surface area contributed by atoms with E-state index in [0.717, 1.165) is 34.6 Å². The highest BCUT2D eigenvalue weighted by molar-refractivity contribution is 7.92. The number of nitro groups is 1. The van der Waals surface area contributed by atoms with E-state index in [4.69, 9.17) is 11.2 Å². The number of sulfone groups is 1. The highest BCUT2D eigenvalue weighted by atomic mass is 32.2. The second kappa shape index (κ2) is 11.7. The zero-order valence-electron chi connectivity index (χ0n) is 21.5. The lowest BCUT2D eigenvalue weighted by Gasteiger charge is -2.18. The first-order chi connectivity index (χ1) is 18.9. The number of nitrogens with one attached hydrogen (secondary N) is 1. The Morgan fingerprint density at radius 3 is 2.73 bits per heavy atom. The minimum atomic E-state index is -4.24. The van der Waals surface area contributed by atoms with Gasteiger partial charge in [-0.1, -0.05) is 24.2 Å². The van der Waals surface area contributed by atoms with Crippen molar-refractivity contribution in [1.82, 2.24) is 4.57 Å². The van der Waals surface area contributed by atoms with Crippen LogP contribution in [0.1, 0.15) is 34.1 Å². The fourth-order valence-corrected chi connectivity index (χ4v) is 7.91. The Labute approximate surface area is 236 Å². The molecule has 0 saturated carbocycles. The summed E-state index contributed by atoms with van der Waals surface area (Å²) in [7, 11) is -3.01. The number of rotatable bonds is 8. The number of hydrogen-bond acceptors (Lipinski definition) is 10. The van der Waals surface area contributed by atoms with Crippen LogP contribution in [0.4, 0.5) is 10.7 Å². The van der Waals surface area contributed by atoms with E-state index in [1.165, 1.54) is 41.2 Å². The molecule has 12 nitrogen and oxygen atoms in total. The molecule has 210 valence electrons. The van der Waals surface area contributed by atoms with E-state index in [-0.39, 0.29) is 27.6 Å². The number of carbonyl (C=O) groups excluding carboxylic acids is 3. The highest BCUT2D eigenvalue weighted by Gasteiger charge is 2.30. The minimum Gasteiger partial charge on any atom is -0.465 e. The molecule has 2 aromatic heterocycles. The Bertz CT molecular complexity index is 1760. The van der Waals surface area contributed by atoms with E-state index >= 15 is 0 Å². The largest absolute Gasteiger partial charge is 0.465 e. The van der Waals surface area contributed by atoms with Gasteiger partial charge >= 0.3 is 5.97 Å². The summed E-state index contributed by atoms with van der Waals surface area (Å²) >= 11 is 2.16. The molecule has 1 aliphatic carbocycles. The van der Waals surface area contributed by atoms with E-state index in [9.17, 15) is 32.9 Å². The number of ether oxygens (including phenoxy) is 1. The van der Waals surface area contributed by atoms with Crippen LogP contribution in [0.15, 0.2) is 23.2 Å². The van der Waals surface area contributed by atoms with Gasteiger partial charge in [-0.25, -0.2) is 13.2 Å². The molecule has 15 heteroatoms. The molecular weight excluding hydrogens is 580 g/mol. The Kier molecular flexibility index (Phi) is 8.52. The fraction of sp³-hybridized carbons (Fsp3) is 0.360. The van der Waals surface area contributed by atoms with Crippen LogP contribution in [0.25, 0.3) is 10.2 Å². The summed E-state index contributed by atoms with van der Waals surface area (Å²) in [4.78, 5) is 53.2. The Balaban J connectivity index is 1.53. The Morgan fingerprint density at radius 2 is 2.05 bits per heavy atom. The molecule has 1 N–H and O–H groups in total. The number of aromatic nitrogens is 1. The van der Waals surface area contributed by atoms with Gasteiger partial charge in [0.25, 0.3) is 11.6 Å². The molecule has 40 heavy (non-hydrogen) atoms. The number of hydrogen-bond donors (Lipinski definition) is 1. The van der Waals surface area contributed by atoms with Crippen LogP contribution in [-0.2, 0) is 43.5 Å². The van der Waals surface area contributed by atoms with Crippen LogP contribution >= 0.6 is 22.7 Å². The van der Waals surface area contributed by atoms with E-state index in [1.54, 1.807) is 0 Å². The van der Waals surface area contributed by atoms with Crippen LogP contribution < -0.4 is 10.1 Å². The first-order valence-electron chi connectivity index (χ1n) is 11.9. The third-order valence-electron chi connectivity index (χ3n) is 6.20. The van der Waals surface area contributed by atoms with E-state index in [1.807, 2.05) is 0 Å². The number of terminal acetylenes is 1. The van der Waals surface area contributed by atoms with Crippen LogP contribution in [0.5, 0.6) is 0 Å². The normalized spacial score (nSPS) is 15.3. The molecule has 1 unspecified atom stereocenters. The number of esters is 1. The molecule has 0 saturated heterocycles. The van der Waals surface area contributed by atoms with Gasteiger partial charge in [0.05, 0.1) is 34.4 Å². The first kappa shape index (κ1) is 29.1. The first-order valence-corrected chi connectivity index (χ1v) is 15.4. The number of nitro benzene ring substituents is 1. The molecule has 1 atom stereocenters. The van der Waals surface area contributed by atoms with Crippen molar-refractivity contribution in [2.45, 2.75) is 32.7 Å². The van der Waals surface area contributed by atoms with E-state index in [0.29, 0.717) is 22.6 Å². The lowest BCUT2D eigenvalue weighted by molar-refractivity contribution is -0.384. The average Bonchev–Trinajstić information content (AvgIpc) is 3.38. The van der Waals surface area contributed by atoms with Gasteiger partial charge in [0.15, 0.2) is 14.6 Å². The highest BCUT2D eigenvalue weighted by Crippen LogP contribution is 2.40. The number of thiazole rings is 1. The maximum absolute atomic E-state index is 12.7. The van der Waals surface area contributed by atoms with Crippen LogP contribution in [0.2, 0.25) is 0 Å². The number of amides is 2. The molecule has 0 radical (unpaired) electrons. The number of benzene rings is 1. The summed E-state index contributed by atoms with van der Waals surface area (Å²) in [5, 5.41) is 13.8. The molecular formula is C25H24N4O8S3. The Morgan fingerprint density at radius 1 is 1.30 bits per heavy atom. The standard InChI is InChI=1S/C25H24N4O8S3/c1-4-9-28-17-8-6-15(29(33)34)11-19(17)39-25(28)27-21(31)13-40(35,36)12-20(30)26-23-22(24(32)37-3)16-7-5-14(2)10-18(16)38-23/h1,6,8,11,14H,5,7,9-10,12-13H2,2-3H3,(H,26,30). The van der Waals surface area contributed by atoms with Crippen LogP contribution in [-0.4, -0.2) is 54.3 Å². The van der Waals surface area contributed by atoms with Gasteiger partial charge in [0.2, 0.25) is 5.91 Å². The fourth-order valence-electron chi connectivity index (χ4n) is 4.40. The lowest BCUT2D eigenvalue weighted by Crippen LogP contribution is -2.28. The van der Waals surface area contributed by atoms with Gasteiger partial charge in [-0.2, -0.15) is 4.99 Å². The van der Waals surface area contributed by atoms with Gasteiger partial charge < -0.3 is 14.6 Å². The molecule has 2 amide bonds. The molecule has 0 spiro atoms. The lowest BCUT2D eigenvalue weighted by atomic mass is 9.88. The molecule has 0 bridgehead atoms. The van der Waals surface area contributed by atoms with Gasteiger partial charge in [0, 0.05) is 17.0 Å². The van der Waals surface area contributed by atoms with Crippen LogP contribution in [0, 0.1) is 28.4 Å². The summed E-state index contributed by atoms with van der Waals surface area (Å²) < 4.78 is 32.2. The summed E-state index contributed by atoms with van der Waals surface area (Å²) in [5.41, 5.74) is 1.37. The van der Waals surface area contributed by atoms with Crippen LogP contribution in [0.3, 0.4) is 0 Å². The molecule has 4 rings (SSSR count). The van der Waals surface area contributed by atoms with E-state index in [2.05, 4.69) is 23.2 Å². The maximum Gasteiger partial charge on any atom is 0.341 e. The zero-order chi connectivity index (χ0) is 29.2. The smallest absolute Gasteiger partial charge is 0.341 e. The number of anilines is 1. The summed E-state index contributed by atoms with van der Waals surface area (Å²) in [5.74, 6) is -1.79. The van der Waals surface area contributed by atoms with Crippen molar-refractivity contribution in [3.8, 4) is 12.3 Å². The second-order valence-corrected chi connectivity index (χ2v) is 13.4. The predicted molar refractivity (Wildman–Crippen MR) is 150 cm³/mol. The van der Waals surface area contributed by atoms with Gasteiger partial charge in [-0.15, -0.1) is 17.8 Å². The van der Waals surface area contributed by atoms with Crippen molar-refractivity contribution in [2.75, 3.05) is 23.9 Å². The third-order valence-corrected chi connectivity index (χ3v) is 9.80. The molecule has 1 aliphatic rings. The summed E-state index contributed by atoms with van der Waals surface area (Å²) in [6.07, 6.45) is 7.67. The number of nitrogens with zero attached hydrogens (tertiary/aromatic N) is 3. The topological polar surface area (TPSA) is 167 Å². The molecule has 2 heterocycles. The third kappa shape index (κ3) is 6.30. The minimum absolute atomic E-state index is 0.00875. The van der Waals surface area contributed by atoms with Crippen molar-refractivity contribution in [3.63, 3.8) is 0 Å². The van der Waals surface area contributed by atoms with E-state index < -0.39 is 44.0 Å². The molecule has 1 aromatic carbocycles. The summed E-state index contributed by atoms with van der Waals surface area (Å²) in [6.45, 7) is 2.08. The van der Waals surface area contributed by atoms with Crippen molar-refractivity contribution in [3.05, 3.63) is 49.1 Å². The molecule has 0 aliphatic heterocycles. The monoisotopic (exact) mass is 604 g/mol. The number of fused-ring (bicyclic) bond motifs is 2. The number of carbonyl (C=O) groups is 3. The van der Waals surface area contributed by atoms with Crippen molar-refractivity contribution >= 4 is 71.2 Å². The number of non-ortho nitro benzene ring substituents is 1. The second-order valence-electron chi connectivity index (χ2n) is 9.22. The number of methoxy groups -OCH3 is 1. The maximum atomic E-state index is 12.7. The quantitative estimate of drug-likeness (QED) is 0.177. The van der Waals surface area contributed by atoms with Gasteiger partial charge in [-0.3, -0.25) is 19.7 Å². The van der Waals surface area contributed by atoms with Crippen molar-refractivity contribution in [1.29, 1.82) is 0 Å². The molecule has 0 fully saturated rings. The summed E-state index contributed by atoms with van der Waals surface area (Å²) in [6, 6.07) is 4.06. The van der Waals surface area contributed by atoms with Crippen molar-refractivity contribution < 1.29 is 32.5 Å². The van der Waals surface area contributed by atoms with Gasteiger partial charge in [0.1, 0.15) is 16.5 Å².